The fraction of sp³-hybridized carbons (Fsp3) is 0.831. The van der Waals surface area contributed by atoms with Crippen molar-refractivity contribution >= 4 is 11.9 Å². The highest BCUT2D eigenvalue weighted by Crippen LogP contribution is 2.23. The number of rotatable bonds is 60. The minimum Gasteiger partial charge on any atom is -0.466 e. The minimum absolute atomic E-state index is 0.00653. The maximum atomic E-state index is 13.0. The molecule has 1 heterocycles. The van der Waals surface area contributed by atoms with E-state index in [4.69, 9.17) is 14.2 Å². The van der Waals surface area contributed by atoms with Crippen LogP contribution in [0.4, 0.5) is 0 Å². The Labute approximate surface area is 503 Å². The first-order valence-electron chi connectivity index (χ1n) is 34.6. The van der Waals surface area contributed by atoms with E-state index >= 15 is 0 Å². The monoisotopic (exact) mass is 1160 g/mol. The van der Waals surface area contributed by atoms with E-state index in [-0.39, 0.29) is 18.5 Å². The van der Waals surface area contributed by atoms with E-state index in [1.165, 1.54) is 225 Å². The van der Waals surface area contributed by atoms with Crippen molar-refractivity contribution in [1.82, 2.24) is 5.32 Å². The molecule has 0 aromatic carbocycles. The molecule has 11 heteroatoms. The Kier molecular flexibility index (Phi) is 56.7. The lowest BCUT2D eigenvalue weighted by Crippen LogP contribution is -2.60. The predicted molar refractivity (Wildman–Crippen MR) is 343 cm³/mol. The number of aliphatic hydroxyl groups excluding tert-OH is 5. The average molecular weight is 1160 g/mol. The third-order valence-electron chi connectivity index (χ3n) is 16.1. The van der Waals surface area contributed by atoms with Gasteiger partial charge < -0.3 is 45.1 Å². The first kappa shape index (κ1) is 77.4. The minimum atomic E-state index is -1.58. The molecular weight excluding hydrogens is 1030 g/mol. The van der Waals surface area contributed by atoms with Gasteiger partial charge in [0, 0.05) is 12.8 Å². The number of hydrogen-bond acceptors (Lipinski definition) is 10. The Hall–Kier alpha value is -2.64. The second kappa shape index (κ2) is 60.1. The molecule has 0 saturated carbocycles. The summed E-state index contributed by atoms with van der Waals surface area (Å²) in [6, 6.07) is -0.828. The van der Waals surface area contributed by atoms with Crippen molar-refractivity contribution in [2.75, 3.05) is 19.8 Å². The largest absolute Gasteiger partial charge is 0.466 e. The highest BCUT2D eigenvalue weighted by atomic mass is 16.7. The summed E-state index contributed by atoms with van der Waals surface area (Å²) in [5, 5.41) is 54.4. The van der Waals surface area contributed by atoms with Gasteiger partial charge in [0.05, 0.1) is 32.0 Å². The van der Waals surface area contributed by atoms with Crippen molar-refractivity contribution in [1.29, 1.82) is 0 Å². The molecular formula is C71H129NO10. The van der Waals surface area contributed by atoms with Crippen LogP contribution < -0.4 is 5.32 Å². The molecule has 7 unspecified atom stereocenters. The Bertz CT molecular complexity index is 1550. The van der Waals surface area contributed by atoms with Gasteiger partial charge in [-0.2, -0.15) is 0 Å². The molecule has 0 aliphatic carbocycles. The lowest BCUT2D eigenvalue weighted by Gasteiger charge is -2.40. The zero-order valence-electron chi connectivity index (χ0n) is 52.9. The molecule has 0 spiro atoms. The SMILES string of the molecule is CCCC/C=C\CCCCCCCC(=O)OCCCCCCCCCCC/C=C\C/C=C\CCCCCCCCCCCCCCCCCC(=O)NC(COC1OC(CO)C(O)C(O)C1O)C(O)/C=C/CC/C=C/CCCCCCCC. The van der Waals surface area contributed by atoms with Crippen LogP contribution in [-0.2, 0) is 23.8 Å². The molecule has 1 saturated heterocycles. The van der Waals surface area contributed by atoms with Crippen molar-refractivity contribution in [2.45, 2.75) is 358 Å². The first-order valence-corrected chi connectivity index (χ1v) is 34.6. The Morgan fingerprint density at radius 3 is 1.32 bits per heavy atom. The lowest BCUT2D eigenvalue weighted by molar-refractivity contribution is -0.302. The summed E-state index contributed by atoms with van der Waals surface area (Å²) in [6.07, 6.45) is 69.3. The molecule has 1 amide bonds. The van der Waals surface area contributed by atoms with E-state index in [1.807, 2.05) is 6.08 Å². The fourth-order valence-electron chi connectivity index (χ4n) is 10.6. The summed E-state index contributed by atoms with van der Waals surface area (Å²) in [4.78, 5) is 25.1. The molecule has 82 heavy (non-hydrogen) atoms. The smallest absolute Gasteiger partial charge is 0.305 e. The van der Waals surface area contributed by atoms with Gasteiger partial charge in [-0.25, -0.2) is 0 Å². The van der Waals surface area contributed by atoms with E-state index in [0.717, 1.165) is 64.2 Å². The molecule has 478 valence electrons. The molecule has 0 bridgehead atoms. The van der Waals surface area contributed by atoms with Crippen LogP contribution in [0.5, 0.6) is 0 Å². The molecule has 0 aromatic heterocycles. The first-order chi connectivity index (χ1) is 40.2. The standard InChI is InChI=1S/C71H129NO10/c1-3-5-7-9-11-13-15-38-41-45-49-53-57-64(74)63(62-81-71-70(79)69(78)68(77)65(61-73)82-71)72-66(75)58-54-50-46-42-39-35-33-31-29-27-25-23-21-19-17-16-18-20-22-24-26-28-30-32-34-36-40-44-48-52-56-60-80-67(76)59-55-51-47-43-37-14-12-10-8-6-4-2/h10,12,18,20,24,26,38,41,53,57,63-65,68-71,73-74,77-79H,3-9,11,13-17,19,21-23,25,27-37,39-40,42-52,54-56,58-62H2,1-2H3,(H,72,75)/b12-10-,20-18-,26-24-,41-38+,57-53+. The number of amides is 1. The number of allylic oxidation sites excluding steroid dienone is 9. The summed E-state index contributed by atoms with van der Waals surface area (Å²) < 4.78 is 16.7. The van der Waals surface area contributed by atoms with Crippen molar-refractivity contribution in [3.05, 3.63) is 60.8 Å². The van der Waals surface area contributed by atoms with Gasteiger partial charge in [-0.1, -0.05) is 267 Å². The van der Waals surface area contributed by atoms with Gasteiger partial charge in [-0.3, -0.25) is 9.59 Å². The van der Waals surface area contributed by atoms with Crippen LogP contribution in [0, 0.1) is 0 Å². The fourth-order valence-corrected chi connectivity index (χ4v) is 10.6. The molecule has 0 aromatic rings. The van der Waals surface area contributed by atoms with E-state index in [9.17, 15) is 35.1 Å². The van der Waals surface area contributed by atoms with Gasteiger partial charge in [0.25, 0.3) is 0 Å². The van der Waals surface area contributed by atoms with Crippen LogP contribution in [0.1, 0.15) is 316 Å². The zero-order valence-corrected chi connectivity index (χ0v) is 52.9. The second-order valence-electron chi connectivity index (χ2n) is 23.9. The van der Waals surface area contributed by atoms with Crippen LogP contribution in [0.3, 0.4) is 0 Å². The van der Waals surface area contributed by atoms with Crippen LogP contribution in [-0.4, -0.2) is 100 Å². The van der Waals surface area contributed by atoms with Crippen LogP contribution >= 0.6 is 0 Å². The summed E-state index contributed by atoms with van der Waals surface area (Å²) in [6.45, 7) is 4.29. The number of carbonyl (C=O) groups is 2. The average Bonchev–Trinajstić information content (AvgIpc) is 3.68. The second-order valence-corrected chi connectivity index (χ2v) is 23.9. The molecule has 1 aliphatic rings. The highest BCUT2D eigenvalue weighted by Gasteiger charge is 2.44. The van der Waals surface area contributed by atoms with Gasteiger partial charge in [-0.15, -0.1) is 0 Å². The Balaban J connectivity index is 1.99. The summed E-state index contributed by atoms with van der Waals surface area (Å²) >= 11 is 0. The van der Waals surface area contributed by atoms with Gasteiger partial charge in [0.2, 0.25) is 5.91 Å². The van der Waals surface area contributed by atoms with Crippen molar-refractivity contribution in [3.63, 3.8) is 0 Å². The maximum Gasteiger partial charge on any atom is 0.305 e. The Morgan fingerprint density at radius 1 is 0.451 bits per heavy atom. The molecule has 1 rings (SSSR count). The van der Waals surface area contributed by atoms with Gasteiger partial charge in [-0.05, 0) is 96.3 Å². The third-order valence-corrected chi connectivity index (χ3v) is 16.1. The van der Waals surface area contributed by atoms with Crippen molar-refractivity contribution in [3.8, 4) is 0 Å². The third kappa shape index (κ3) is 48.6. The van der Waals surface area contributed by atoms with E-state index in [2.05, 4.69) is 67.8 Å². The molecule has 1 fully saturated rings. The molecule has 6 N–H and O–H groups in total. The zero-order chi connectivity index (χ0) is 59.5. The summed E-state index contributed by atoms with van der Waals surface area (Å²) in [7, 11) is 0. The van der Waals surface area contributed by atoms with Crippen molar-refractivity contribution in [2.24, 2.45) is 0 Å². The highest BCUT2D eigenvalue weighted by molar-refractivity contribution is 5.76. The van der Waals surface area contributed by atoms with Crippen LogP contribution in [0.2, 0.25) is 0 Å². The predicted octanol–water partition coefficient (Wildman–Crippen LogP) is 17.3. The molecule has 11 nitrogen and oxygen atoms in total. The Morgan fingerprint density at radius 2 is 0.841 bits per heavy atom. The topological polar surface area (TPSA) is 175 Å². The van der Waals surface area contributed by atoms with Gasteiger partial charge >= 0.3 is 5.97 Å². The van der Waals surface area contributed by atoms with E-state index in [1.54, 1.807) is 6.08 Å². The number of carbonyl (C=O) groups excluding carboxylic acids is 2. The number of unbranched alkanes of at least 4 members (excludes halogenated alkanes) is 38. The van der Waals surface area contributed by atoms with E-state index in [0.29, 0.717) is 19.4 Å². The van der Waals surface area contributed by atoms with Gasteiger partial charge in [0.15, 0.2) is 6.29 Å². The quantitative estimate of drug-likeness (QED) is 0.0195. The number of nitrogens with one attached hydrogen (secondary N) is 1. The molecule has 1 aliphatic heterocycles. The maximum absolute atomic E-state index is 13.0. The van der Waals surface area contributed by atoms with Crippen LogP contribution in [0.15, 0.2) is 60.8 Å². The van der Waals surface area contributed by atoms with E-state index < -0.39 is 49.5 Å². The summed E-state index contributed by atoms with van der Waals surface area (Å²) in [5.41, 5.74) is 0. The number of ether oxygens (including phenoxy) is 3. The van der Waals surface area contributed by atoms with Crippen LogP contribution in [0.25, 0.3) is 0 Å². The lowest BCUT2D eigenvalue weighted by atomic mass is 9.99. The molecule has 0 radical (unpaired) electrons. The number of esters is 1. The normalized spacial score (nSPS) is 18.5. The van der Waals surface area contributed by atoms with Gasteiger partial charge in [0.1, 0.15) is 24.4 Å². The van der Waals surface area contributed by atoms with Crippen molar-refractivity contribution < 1.29 is 49.3 Å². The summed E-state index contributed by atoms with van der Waals surface area (Å²) in [5.74, 6) is -0.198. The number of hydrogen-bond donors (Lipinski definition) is 6. The number of aliphatic hydroxyl groups is 5. The molecule has 7 atom stereocenters.